The molecular formula is C24H26N2O6. The second kappa shape index (κ2) is 12.7. The minimum Gasteiger partial charge on any atom is -0.467 e. The molecule has 0 saturated heterocycles. The molecule has 0 aromatic heterocycles. The summed E-state index contributed by atoms with van der Waals surface area (Å²) in [6, 6.07) is 15.8. The van der Waals surface area contributed by atoms with Crippen molar-refractivity contribution in [2.24, 2.45) is 0 Å². The number of carbonyl (C=O) groups is 4. The van der Waals surface area contributed by atoms with Crippen LogP contribution >= 0.6 is 0 Å². The van der Waals surface area contributed by atoms with Gasteiger partial charge in [0.15, 0.2) is 0 Å². The number of carbonyl (C=O) groups excluding carboxylic acids is 4. The number of hydrogen-bond donors (Lipinski definition) is 2. The van der Waals surface area contributed by atoms with Crippen molar-refractivity contribution in [2.45, 2.75) is 24.9 Å². The summed E-state index contributed by atoms with van der Waals surface area (Å²) < 4.78 is 9.51. The Morgan fingerprint density at radius 3 is 1.97 bits per heavy atom. The summed E-state index contributed by atoms with van der Waals surface area (Å²) >= 11 is 0. The van der Waals surface area contributed by atoms with Crippen LogP contribution in [0.15, 0.2) is 72.8 Å². The summed E-state index contributed by atoms with van der Waals surface area (Å²) in [7, 11) is 2.46. The molecule has 8 heteroatoms. The van der Waals surface area contributed by atoms with Crippen LogP contribution < -0.4 is 10.6 Å². The highest BCUT2D eigenvalue weighted by Gasteiger charge is 2.22. The molecule has 2 unspecified atom stereocenters. The molecule has 0 aliphatic heterocycles. The lowest BCUT2D eigenvalue weighted by Crippen LogP contribution is -2.42. The first-order chi connectivity index (χ1) is 15.4. The van der Waals surface area contributed by atoms with E-state index >= 15 is 0 Å². The summed E-state index contributed by atoms with van der Waals surface area (Å²) in [5.74, 6) is -2.18. The fourth-order valence-electron chi connectivity index (χ4n) is 2.90. The summed E-state index contributed by atoms with van der Waals surface area (Å²) in [6.45, 7) is 0. The molecule has 0 aliphatic carbocycles. The Bertz CT molecular complexity index is 943. The van der Waals surface area contributed by atoms with Crippen LogP contribution in [0.3, 0.4) is 0 Å². The number of benzene rings is 2. The molecular weight excluding hydrogens is 412 g/mol. The SMILES string of the molecule is COC(=O)C(Cc1ccccc1)NC(=O)/C=C/CC(NC(=O)c1ccccc1)C(=O)OC. The highest BCUT2D eigenvalue weighted by molar-refractivity contribution is 5.97. The highest BCUT2D eigenvalue weighted by atomic mass is 16.5. The van der Waals surface area contributed by atoms with Gasteiger partial charge in [-0.25, -0.2) is 9.59 Å². The van der Waals surface area contributed by atoms with E-state index in [4.69, 9.17) is 9.47 Å². The van der Waals surface area contributed by atoms with Crippen molar-refractivity contribution < 1.29 is 28.7 Å². The van der Waals surface area contributed by atoms with Gasteiger partial charge in [0.1, 0.15) is 12.1 Å². The maximum atomic E-state index is 12.3. The van der Waals surface area contributed by atoms with Crippen molar-refractivity contribution in [3.05, 3.63) is 83.9 Å². The van der Waals surface area contributed by atoms with Crippen LogP contribution in [0, 0.1) is 0 Å². The molecule has 168 valence electrons. The van der Waals surface area contributed by atoms with Crippen LogP contribution in [0.1, 0.15) is 22.3 Å². The Kier molecular flexibility index (Phi) is 9.65. The quantitative estimate of drug-likeness (QED) is 0.432. The lowest BCUT2D eigenvalue weighted by Gasteiger charge is -2.16. The van der Waals surface area contributed by atoms with Gasteiger partial charge in [-0.2, -0.15) is 0 Å². The maximum absolute atomic E-state index is 12.3. The van der Waals surface area contributed by atoms with Crippen molar-refractivity contribution in [1.29, 1.82) is 0 Å². The lowest BCUT2D eigenvalue weighted by atomic mass is 10.1. The van der Waals surface area contributed by atoms with Crippen molar-refractivity contribution in [3.8, 4) is 0 Å². The number of esters is 2. The van der Waals surface area contributed by atoms with E-state index in [9.17, 15) is 19.2 Å². The minimum atomic E-state index is -0.975. The Labute approximate surface area is 186 Å². The standard InChI is InChI=1S/C24H26N2O6/c1-31-23(29)19(26-22(28)18-12-7-4-8-13-18)14-9-15-21(27)25-20(24(30)32-2)16-17-10-5-3-6-11-17/h3-13,15,19-20H,14,16H2,1-2H3,(H,25,27)(H,26,28)/b15-9+. The Morgan fingerprint density at radius 2 is 1.38 bits per heavy atom. The van der Waals surface area contributed by atoms with Crippen molar-refractivity contribution >= 4 is 23.8 Å². The molecule has 32 heavy (non-hydrogen) atoms. The highest BCUT2D eigenvalue weighted by Crippen LogP contribution is 2.06. The first-order valence-corrected chi connectivity index (χ1v) is 9.97. The van der Waals surface area contributed by atoms with Crippen LogP contribution in [0.25, 0.3) is 0 Å². The third-order valence-corrected chi connectivity index (χ3v) is 4.55. The van der Waals surface area contributed by atoms with Gasteiger partial charge in [0, 0.05) is 12.0 Å². The molecule has 0 spiro atoms. The van der Waals surface area contributed by atoms with Crippen LogP contribution in [-0.4, -0.2) is 50.1 Å². The predicted octanol–water partition coefficient (Wildman–Crippen LogP) is 1.80. The number of amides is 2. The molecule has 2 aromatic carbocycles. The zero-order valence-electron chi connectivity index (χ0n) is 17.9. The Hall–Kier alpha value is -3.94. The van der Waals surface area contributed by atoms with Gasteiger partial charge < -0.3 is 20.1 Å². The summed E-state index contributed by atoms with van der Waals surface area (Å²) in [4.78, 5) is 48.7. The van der Waals surface area contributed by atoms with E-state index in [1.807, 2.05) is 30.3 Å². The van der Waals surface area contributed by atoms with E-state index < -0.39 is 35.8 Å². The molecule has 8 nitrogen and oxygen atoms in total. The van der Waals surface area contributed by atoms with Crippen LogP contribution in [0.5, 0.6) is 0 Å². The van der Waals surface area contributed by atoms with E-state index in [0.29, 0.717) is 5.56 Å². The van der Waals surface area contributed by atoms with Crippen molar-refractivity contribution in [1.82, 2.24) is 10.6 Å². The smallest absolute Gasteiger partial charge is 0.328 e. The van der Waals surface area contributed by atoms with Crippen molar-refractivity contribution in [2.75, 3.05) is 14.2 Å². The minimum absolute atomic E-state index is 0.0280. The van der Waals surface area contributed by atoms with Crippen LogP contribution in [0.2, 0.25) is 0 Å². The monoisotopic (exact) mass is 438 g/mol. The van der Waals surface area contributed by atoms with Crippen LogP contribution in [-0.2, 0) is 30.3 Å². The number of nitrogens with one attached hydrogen (secondary N) is 2. The van der Waals surface area contributed by atoms with Gasteiger partial charge in [-0.05, 0) is 30.2 Å². The molecule has 2 atom stereocenters. The number of ether oxygens (including phenoxy) is 2. The summed E-state index contributed by atoms with van der Waals surface area (Å²) in [5, 5.41) is 5.18. The van der Waals surface area contributed by atoms with E-state index in [1.165, 1.54) is 26.4 Å². The normalized spacial score (nSPS) is 12.4. The molecule has 0 radical (unpaired) electrons. The average molecular weight is 438 g/mol. The summed E-state index contributed by atoms with van der Waals surface area (Å²) in [5.41, 5.74) is 1.26. The van der Waals surface area contributed by atoms with Gasteiger partial charge in [-0.1, -0.05) is 54.6 Å². The first kappa shape index (κ1) is 24.3. The Balaban J connectivity index is 1.98. The van der Waals surface area contributed by atoms with E-state index in [2.05, 4.69) is 10.6 Å². The average Bonchev–Trinajstić information content (AvgIpc) is 2.83. The van der Waals surface area contributed by atoms with E-state index in [0.717, 1.165) is 5.56 Å². The molecule has 0 saturated carbocycles. The fourth-order valence-corrected chi connectivity index (χ4v) is 2.90. The molecule has 0 heterocycles. The third-order valence-electron chi connectivity index (χ3n) is 4.55. The van der Waals surface area contributed by atoms with Crippen LogP contribution in [0.4, 0.5) is 0 Å². The van der Waals surface area contributed by atoms with Gasteiger partial charge in [0.05, 0.1) is 14.2 Å². The molecule has 0 bridgehead atoms. The summed E-state index contributed by atoms with van der Waals surface area (Å²) in [6.07, 6.45) is 2.93. The van der Waals surface area contributed by atoms with E-state index in [-0.39, 0.29) is 12.8 Å². The maximum Gasteiger partial charge on any atom is 0.328 e. The van der Waals surface area contributed by atoms with Gasteiger partial charge in [-0.15, -0.1) is 0 Å². The first-order valence-electron chi connectivity index (χ1n) is 9.97. The predicted molar refractivity (Wildman–Crippen MR) is 118 cm³/mol. The second-order valence-corrected chi connectivity index (χ2v) is 6.83. The molecule has 2 amide bonds. The molecule has 0 aliphatic rings. The molecule has 0 fully saturated rings. The van der Waals surface area contributed by atoms with Crippen molar-refractivity contribution in [3.63, 3.8) is 0 Å². The topological polar surface area (TPSA) is 111 Å². The second-order valence-electron chi connectivity index (χ2n) is 6.83. The lowest BCUT2D eigenvalue weighted by molar-refractivity contribution is -0.144. The van der Waals surface area contributed by atoms with Gasteiger partial charge >= 0.3 is 11.9 Å². The van der Waals surface area contributed by atoms with E-state index in [1.54, 1.807) is 30.3 Å². The third kappa shape index (κ3) is 7.71. The Morgan fingerprint density at radius 1 is 0.812 bits per heavy atom. The number of rotatable bonds is 10. The zero-order chi connectivity index (χ0) is 23.3. The van der Waals surface area contributed by atoms with Gasteiger partial charge in [-0.3, -0.25) is 9.59 Å². The largest absolute Gasteiger partial charge is 0.467 e. The van der Waals surface area contributed by atoms with Gasteiger partial charge in [0.25, 0.3) is 5.91 Å². The number of methoxy groups -OCH3 is 2. The molecule has 2 aromatic rings. The molecule has 2 rings (SSSR count). The number of hydrogen-bond acceptors (Lipinski definition) is 6. The van der Waals surface area contributed by atoms with Gasteiger partial charge in [0.2, 0.25) is 5.91 Å². The zero-order valence-corrected chi connectivity index (χ0v) is 17.9. The molecule has 2 N–H and O–H groups in total. The fraction of sp³-hybridized carbons (Fsp3) is 0.250.